The molecule has 0 aliphatic heterocycles. The Labute approximate surface area is 178 Å². The van der Waals surface area contributed by atoms with Crippen LogP contribution in [0.4, 0.5) is 4.39 Å². The van der Waals surface area contributed by atoms with E-state index in [4.69, 9.17) is 11.6 Å². The zero-order chi connectivity index (χ0) is 20.6. The molecule has 0 unspecified atom stereocenters. The number of carbonyl (C=O) groups excluding carboxylic acids is 1. The number of nitrogens with one attached hydrogen (secondary N) is 1. The molecule has 5 nitrogen and oxygen atoms in total. The van der Waals surface area contributed by atoms with Crippen LogP contribution in [0.15, 0.2) is 66.3 Å². The van der Waals surface area contributed by atoms with E-state index < -0.39 is 0 Å². The van der Waals surface area contributed by atoms with Crippen LogP contribution in [0.2, 0.25) is 5.02 Å². The van der Waals surface area contributed by atoms with E-state index in [0.29, 0.717) is 35.8 Å². The van der Waals surface area contributed by atoms with Gasteiger partial charge in [-0.2, -0.15) is 0 Å². The zero-order valence-electron chi connectivity index (χ0n) is 15.6. The second kappa shape index (κ2) is 10.2. The van der Waals surface area contributed by atoms with Gasteiger partial charge in [0.15, 0.2) is 5.16 Å². The van der Waals surface area contributed by atoms with Crippen molar-refractivity contribution >= 4 is 29.3 Å². The molecule has 2 aromatic carbocycles. The number of hydrogen-bond acceptors (Lipinski definition) is 4. The minimum Gasteiger partial charge on any atom is -0.352 e. The Hall–Kier alpha value is -2.64. The Morgan fingerprint density at radius 2 is 1.90 bits per heavy atom. The molecule has 0 atom stereocenters. The van der Waals surface area contributed by atoms with Gasteiger partial charge in [-0.3, -0.25) is 4.79 Å². The third kappa shape index (κ3) is 5.92. The van der Waals surface area contributed by atoms with E-state index >= 15 is 0 Å². The van der Waals surface area contributed by atoms with Gasteiger partial charge >= 0.3 is 0 Å². The lowest BCUT2D eigenvalue weighted by molar-refractivity contribution is 0.0954. The predicted octanol–water partition coefficient (Wildman–Crippen LogP) is 4.52. The van der Waals surface area contributed by atoms with Crippen LogP contribution < -0.4 is 5.32 Å². The number of aromatic nitrogens is 3. The Morgan fingerprint density at radius 1 is 1.17 bits per heavy atom. The molecular formula is C21H20ClFN4OS. The zero-order valence-corrected chi connectivity index (χ0v) is 17.2. The Morgan fingerprint density at radius 3 is 2.59 bits per heavy atom. The standard InChI is InChI=1S/C21H20ClFN4OS/c1-2-13-27-19(11-12-24-20(28)16-5-7-17(22)8-6-16)25-26-21(27)29-14-15-3-9-18(23)10-4-15/h2-10H,1,11-14H2,(H,24,28). The van der Waals surface area contributed by atoms with Crippen molar-refractivity contribution in [2.24, 2.45) is 0 Å². The van der Waals surface area contributed by atoms with Gasteiger partial charge in [-0.1, -0.05) is 41.6 Å². The number of carbonyl (C=O) groups is 1. The van der Waals surface area contributed by atoms with E-state index in [1.54, 1.807) is 42.5 Å². The number of amides is 1. The van der Waals surface area contributed by atoms with E-state index in [1.807, 2.05) is 4.57 Å². The first-order valence-electron chi connectivity index (χ1n) is 9.01. The van der Waals surface area contributed by atoms with Crippen molar-refractivity contribution in [3.8, 4) is 0 Å². The lowest BCUT2D eigenvalue weighted by Gasteiger charge is -2.09. The molecule has 0 bridgehead atoms. The molecule has 3 aromatic rings. The molecule has 1 aromatic heterocycles. The quantitative estimate of drug-likeness (QED) is 0.400. The van der Waals surface area contributed by atoms with Crippen molar-refractivity contribution in [2.75, 3.05) is 6.54 Å². The minimum atomic E-state index is -0.253. The number of allylic oxidation sites excluding steroid dienone is 1. The Bertz CT molecular complexity index is 973. The van der Waals surface area contributed by atoms with Crippen molar-refractivity contribution in [1.82, 2.24) is 20.1 Å². The van der Waals surface area contributed by atoms with E-state index in [9.17, 15) is 9.18 Å². The molecule has 150 valence electrons. The van der Waals surface area contributed by atoms with Crippen LogP contribution in [-0.2, 0) is 18.7 Å². The third-order valence-corrected chi connectivity index (χ3v) is 5.42. The maximum Gasteiger partial charge on any atom is 0.251 e. The van der Waals surface area contributed by atoms with E-state index in [0.717, 1.165) is 16.5 Å². The number of halogens is 2. The summed E-state index contributed by atoms with van der Waals surface area (Å²) in [5.74, 6) is 1.00. The van der Waals surface area contributed by atoms with E-state index in [2.05, 4.69) is 22.1 Å². The largest absolute Gasteiger partial charge is 0.352 e. The molecule has 8 heteroatoms. The fourth-order valence-electron chi connectivity index (χ4n) is 2.64. The average molecular weight is 431 g/mol. The normalized spacial score (nSPS) is 10.7. The van der Waals surface area contributed by atoms with Crippen LogP contribution in [0.25, 0.3) is 0 Å². The van der Waals surface area contributed by atoms with Crippen molar-refractivity contribution in [1.29, 1.82) is 0 Å². The maximum atomic E-state index is 13.0. The molecule has 1 N–H and O–H groups in total. The number of hydrogen-bond donors (Lipinski definition) is 1. The molecule has 0 radical (unpaired) electrons. The Balaban J connectivity index is 1.58. The summed E-state index contributed by atoms with van der Waals surface area (Å²) in [7, 11) is 0. The Kier molecular flexibility index (Phi) is 7.43. The first-order chi connectivity index (χ1) is 14.1. The highest BCUT2D eigenvalue weighted by molar-refractivity contribution is 7.98. The van der Waals surface area contributed by atoms with Crippen LogP contribution in [0.5, 0.6) is 0 Å². The van der Waals surface area contributed by atoms with Crippen LogP contribution in [0, 0.1) is 5.82 Å². The summed E-state index contributed by atoms with van der Waals surface area (Å²) < 4.78 is 15.0. The monoisotopic (exact) mass is 430 g/mol. The van der Waals surface area contributed by atoms with Crippen LogP contribution in [-0.4, -0.2) is 27.2 Å². The average Bonchev–Trinajstić information content (AvgIpc) is 3.10. The summed E-state index contributed by atoms with van der Waals surface area (Å²) in [5, 5.41) is 12.7. The number of thioether (sulfide) groups is 1. The van der Waals surface area contributed by atoms with Gasteiger partial charge in [0, 0.05) is 35.8 Å². The van der Waals surface area contributed by atoms with Gasteiger partial charge in [0.05, 0.1) is 0 Å². The predicted molar refractivity (Wildman–Crippen MR) is 114 cm³/mol. The fraction of sp³-hybridized carbons (Fsp3) is 0.190. The highest BCUT2D eigenvalue weighted by atomic mass is 35.5. The molecule has 0 saturated heterocycles. The fourth-order valence-corrected chi connectivity index (χ4v) is 3.69. The van der Waals surface area contributed by atoms with Crippen LogP contribution in [0.3, 0.4) is 0 Å². The molecule has 29 heavy (non-hydrogen) atoms. The third-order valence-electron chi connectivity index (χ3n) is 4.13. The molecule has 3 rings (SSSR count). The highest BCUT2D eigenvalue weighted by Crippen LogP contribution is 2.22. The summed E-state index contributed by atoms with van der Waals surface area (Å²) in [6, 6.07) is 13.1. The number of benzene rings is 2. The minimum absolute atomic E-state index is 0.164. The second-order valence-electron chi connectivity index (χ2n) is 6.23. The van der Waals surface area contributed by atoms with Gasteiger partial charge in [-0.15, -0.1) is 16.8 Å². The van der Waals surface area contributed by atoms with Crippen molar-refractivity contribution in [2.45, 2.75) is 23.9 Å². The summed E-state index contributed by atoms with van der Waals surface area (Å²) in [4.78, 5) is 12.2. The molecule has 0 saturated carbocycles. The lowest BCUT2D eigenvalue weighted by Crippen LogP contribution is -2.26. The van der Waals surface area contributed by atoms with Gasteiger partial charge in [0.2, 0.25) is 0 Å². The van der Waals surface area contributed by atoms with Gasteiger partial charge in [-0.05, 0) is 42.0 Å². The molecule has 1 heterocycles. The maximum absolute atomic E-state index is 13.0. The molecule has 0 fully saturated rings. The molecule has 0 aliphatic carbocycles. The summed E-state index contributed by atoms with van der Waals surface area (Å²) in [6.07, 6.45) is 2.32. The van der Waals surface area contributed by atoms with Gasteiger partial charge < -0.3 is 9.88 Å². The summed E-state index contributed by atoms with van der Waals surface area (Å²) >= 11 is 7.37. The second-order valence-corrected chi connectivity index (χ2v) is 7.60. The van der Waals surface area contributed by atoms with Crippen LogP contribution in [0.1, 0.15) is 21.7 Å². The van der Waals surface area contributed by atoms with Gasteiger partial charge in [0.25, 0.3) is 5.91 Å². The SMILES string of the molecule is C=CCn1c(CCNC(=O)c2ccc(Cl)cc2)nnc1SCc1ccc(F)cc1. The van der Waals surface area contributed by atoms with Crippen LogP contribution >= 0.6 is 23.4 Å². The van der Waals surface area contributed by atoms with Crippen molar-refractivity contribution in [3.63, 3.8) is 0 Å². The van der Waals surface area contributed by atoms with Crippen molar-refractivity contribution in [3.05, 3.63) is 89.0 Å². The van der Waals surface area contributed by atoms with E-state index in [-0.39, 0.29) is 11.7 Å². The molecule has 0 aliphatic rings. The number of rotatable bonds is 9. The lowest BCUT2D eigenvalue weighted by atomic mass is 10.2. The van der Waals surface area contributed by atoms with Crippen molar-refractivity contribution < 1.29 is 9.18 Å². The van der Waals surface area contributed by atoms with E-state index in [1.165, 1.54) is 23.9 Å². The first-order valence-corrected chi connectivity index (χ1v) is 10.4. The number of nitrogens with zero attached hydrogens (tertiary/aromatic N) is 3. The smallest absolute Gasteiger partial charge is 0.251 e. The highest BCUT2D eigenvalue weighted by Gasteiger charge is 2.13. The molecule has 0 spiro atoms. The topological polar surface area (TPSA) is 59.8 Å². The molecule has 1 amide bonds. The molecular weight excluding hydrogens is 411 g/mol. The van der Waals surface area contributed by atoms with Gasteiger partial charge in [-0.25, -0.2) is 4.39 Å². The summed E-state index contributed by atoms with van der Waals surface area (Å²) in [6.45, 7) is 4.79. The first kappa shape index (κ1) is 21.1. The van der Waals surface area contributed by atoms with Gasteiger partial charge in [0.1, 0.15) is 11.6 Å². The summed E-state index contributed by atoms with van der Waals surface area (Å²) in [5.41, 5.74) is 1.55.